The first kappa shape index (κ1) is 23.8. The molecule has 0 radical (unpaired) electrons. The number of carboxylic acid groups (broad SMARTS) is 1. The molecule has 10 nitrogen and oxygen atoms in total. The van der Waals surface area contributed by atoms with Crippen LogP contribution in [0.25, 0.3) is 0 Å². The van der Waals surface area contributed by atoms with Gasteiger partial charge in [-0.2, -0.15) is 0 Å². The predicted octanol–water partition coefficient (Wildman–Crippen LogP) is 1.53. The largest absolute Gasteiger partial charge is 0.493 e. The van der Waals surface area contributed by atoms with E-state index in [0.29, 0.717) is 29.2 Å². The van der Waals surface area contributed by atoms with Crippen molar-refractivity contribution < 1.29 is 33.8 Å². The standard InChI is InChI=1S/C26H27N3O7/c1-35-18-9-7-14(13-19(18)36-2)11-12-29-23(32)21-17(8-10-20(30)31)28-26(22(21)24(29)33)15-5-3-4-6-16(15)27-25(26)34/h3-7,9,13,17,21-22,28H,8,10-12H2,1-2H3,(H,27,34)(H,30,31)/t17-,21-,22+,26-/m1/s1. The molecule has 0 unspecified atom stereocenters. The van der Waals surface area contributed by atoms with Crippen LogP contribution < -0.4 is 20.1 Å². The van der Waals surface area contributed by atoms with Crippen molar-refractivity contribution in [3.8, 4) is 11.5 Å². The first-order valence-corrected chi connectivity index (χ1v) is 11.8. The van der Waals surface area contributed by atoms with Gasteiger partial charge in [0.15, 0.2) is 11.5 Å². The predicted molar refractivity (Wildman–Crippen MR) is 127 cm³/mol. The average Bonchev–Trinajstić information content (AvgIpc) is 3.45. The second-order valence-corrected chi connectivity index (χ2v) is 9.26. The van der Waals surface area contributed by atoms with Crippen molar-refractivity contribution in [2.75, 3.05) is 26.1 Å². The van der Waals surface area contributed by atoms with E-state index >= 15 is 0 Å². The molecule has 0 bridgehead atoms. The summed E-state index contributed by atoms with van der Waals surface area (Å²) < 4.78 is 10.6. The zero-order valence-electron chi connectivity index (χ0n) is 19.9. The number of imide groups is 1. The zero-order valence-corrected chi connectivity index (χ0v) is 19.9. The summed E-state index contributed by atoms with van der Waals surface area (Å²) in [7, 11) is 3.07. The van der Waals surface area contributed by atoms with E-state index in [9.17, 15) is 24.3 Å². The minimum atomic E-state index is -1.42. The molecular formula is C26H27N3O7. The lowest BCUT2D eigenvalue weighted by Gasteiger charge is -2.29. The average molecular weight is 494 g/mol. The number of carbonyl (C=O) groups excluding carboxylic acids is 3. The fraction of sp³-hybridized carbons (Fsp3) is 0.385. The molecule has 0 aromatic heterocycles. The van der Waals surface area contributed by atoms with Crippen LogP contribution in [0.1, 0.15) is 24.0 Å². The highest BCUT2D eigenvalue weighted by molar-refractivity contribution is 6.15. The van der Waals surface area contributed by atoms with Crippen LogP contribution in [-0.2, 0) is 31.1 Å². The lowest BCUT2D eigenvalue weighted by atomic mass is 9.76. The number of carbonyl (C=O) groups is 4. The minimum Gasteiger partial charge on any atom is -0.493 e. The fourth-order valence-electron chi connectivity index (χ4n) is 5.84. The number of amides is 3. The molecule has 3 aliphatic heterocycles. The number of nitrogens with zero attached hydrogens (tertiary/aromatic N) is 1. The summed E-state index contributed by atoms with van der Waals surface area (Å²) in [4.78, 5) is 53.2. The van der Waals surface area contributed by atoms with Gasteiger partial charge in [0.2, 0.25) is 17.7 Å². The highest BCUT2D eigenvalue weighted by Crippen LogP contribution is 2.53. The van der Waals surface area contributed by atoms with Crippen LogP contribution >= 0.6 is 0 Å². The van der Waals surface area contributed by atoms with E-state index in [1.807, 2.05) is 6.07 Å². The Bertz CT molecular complexity index is 1260. The molecule has 2 fully saturated rings. The Morgan fingerprint density at radius 1 is 1.06 bits per heavy atom. The Morgan fingerprint density at radius 3 is 2.53 bits per heavy atom. The summed E-state index contributed by atoms with van der Waals surface area (Å²) >= 11 is 0. The summed E-state index contributed by atoms with van der Waals surface area (Å²) in [6, 6.07) is 11.8. The van der Waals surface area contributed by atoms with Gasteiger partial charge in [0, 0.05) is 30.3 Å². The smallest absolute Gasteiger partial charge is 0.303 e. The molecule has 0 saturated carbocycles. The maximum Gasteiger partial charge on any atom is 0.303 e. The number of hydrogen-bond acceptors (Lipinski definition) is 7. The number of para-hydroxylation sites is 1. The van der Waals surface area contributed by atoms with Gasteiger partial charge in [0.1, 0.15) is 5.54 Å². The van der Waals surface area contributed by atoms with Crippen molar-refractivity contribution in [3.63, 3.8) is 0 Å². The molecule has 3 amide bonds. The number of anilines is 1. The third-order valence-corrected chi connectivity index (χ3v) is 7.45. The van der Waals surface area contributed by atoms with Crippen molar-refractivity contribution >= 4 is 29.4 Å². The van der Waals surface area contributed by atoms with Gasteiger partial charge in [-0.25, -0.2) is 0 Å². The summed E-state index contributed by atoms with van der Waals surface area (Å²) in [5.41, 5.74) is 0.613. The van der Waals surface area contributed by atoms with Gasteiger partial charge in [-0.05, 0) is 36.6 Å². The zero-order chi connectivity index (χ0) is 25.6. The number of benzene rings is 2. The first-order valence-electron chi connectivity index (χ1n) is 11.8. The molecule has 2 saturated heterocycles. The first-order chi connectivity index (χ1) is 17.3. The third-order valence-electron chi connectivity index (χ3n) is 7.45. The molecule has 10 heteroatoms. The van der Waals surface area contributed by atoms with E-state index in [1.54, 1.807) is 43.5 Å². The molecule has 2 aromatic carbocycles. The number of carboxylic acids is 1. The second kappa shape index (κ2) is 8.94. The van der Waals surface area contributed by atoms with Gasteiger partial charge < -0.3 is 19.9 Å². The van der Waals surface area contributed by atoms with Crippen LogP contribution in [0, 0.1) is 11.8 Å². The Morgan fingerprint density at radius 2 is 1.81 bits per heavy atom. The second-order valence-electron chi connectivity index (χ2n) is 9.26. The van der Waals surface area contributed by atoms with Gasteiger partial charge in [0.25, 0.3) is 0 Å². The molecule has 5 rings (SSSR count). The molecule has 3 N–H and O–H groups in total. The number of aliphatic carboxylic acids is 1. The summed E-state index contributed by atoms with van der Waals surface area (Å²) in [6.45, 7) is 0.130. The Hall–Kier alpha value is -3.92. The lowest BCUT2D eigenvalue weighted by Crippen LogP contribution is -2.53. The summed E-state index contributed by atoms with van der Waals surface area (Å²) in [6.07, 6.45) is 0.323. The molecule has 36 heavy (non-hydrogen) atoms. The molecule has 3 aliphatic rings. The van der Waals surface area contributed by atoms with Crippen molar-refractivity contribution in [1.29, 1.82) is 0 Å². The normalized spacial score (nSPS) is 26.2. The maximum atomic E-state index is 13.8. The molecular weight excluding hydrogens is 466 g/mol. The molecule has 1 spiro atoms. The van der Waals surface area contributed by atoms with Gasteiger partial charge in [-0.3, -0.25) is 29.4 Å². The van der Waals surface area contributed by atoms with Crippen LogP contribution in [0.5, 0.6) is 11.5 Å². The quantitative estimate of drug-likeness (QED) is 0.472. The van der Waals surface area contributed by atoms with Gasteiger partial charge in [-0.1, -0.05) is 24.3 Å². The number of fused-ring (bicyclic) bond motifs is 4. The Balaban J connectivity index is 1.46. The van der Waals surface area contributed by atoms with Crippen LogP contribution in [-0.4, -0.2) is 60.5 Å². The van der Waals surface area contributed by atoms with Crippen molar-refractivity contribution in [1.82, 2.24) is 10.2 Å². The molecule has 2 aromatic rings. The number of hydrogen-bond donors (Lipinski definition) is 3. The van der Waals surface area contributed by atoms with E-state index in [4.69, 9.17) is 9.47 Å². The van der Waals surface area contributed by atoms with E-state index < -0.39 is 41.2 Å². The SMILES string of the molecule is COc1ccc(CCN2C(=O)[C@H]3[C@@H](C2=O)[C@@]2(N[C@@H]3CCC(=O)O)C(=O)Nc3ccccc32)cc1OC. The molecule has 188 valence electrons. The fourth-order valence-corrected chi connectivity index (χ4v) is 5.84. The lowest BCUT2D eigenvalue weighted by molar-refractivity contribution is -0.143. The number of rotatable bonds is 8. The molecule has 0 aliphatic carbocycles. The van der Waals surface area contributed by atoms with Crippen molar-refractivity contribution in [3.05, 3.63) is 53.6 Å². The Kier molecular flexibility index (Phi) is 5.91. The maximum absolute atomic E-state index is 13.8. The van der Waals surface area contributed by atoms with Crippen LogP contribution in [0.3, 0.4) is 0 Å². The van der Waals surface area contributed by atoms with E-state index in [0.717, 1.165) is 5.56 Å². The van der Waals surface area contributed by atoms with E-state index in [1.165, 1.54) is 12.0 Å². The topological polar surface area (TPSA) is 134 Å². The monoisotopic (exact) mass is 493 g/mol. The van der Waals surface area contributed by atoms with Gasteiger partial charge in [0.05, 0.1) is 26.1 Å². The van der Waals surface area contributed by atoms with Crippen LogP contribution in [0.4, 0.5) is 5.69 Å². The van der Waals surface area contributed by atoms with E-state index in [-0.39, 0.29) is 25.3 Å². The molecule has 3 heterocycles. The highest BCUT2D eigenvalue weighted by atomic mass is 16.5. The van der Waals surface area contributed by atoms with Crippen molar-refractivity contribution in [2.24, 2.45) is 11.8 Å². The Labute approximate surface area is 207 Å². The number of methoxy groups -OCH3 is 2. The number of ether oxygens (including phenoxy) is 2. The summed E-state index contributed by atoms with van der Waals surface area (Å²) in [5, 5.41) is 15.3. The van der Waals surface area contributed by atoms with Crippen LogP contribution in [0.2, 0.25) is 0 Å². The van der Waals surface area contributed by atoms with E-state index in [2.05, 4.69) is 10.6 Å². The van der Waals surface area contributed by atoms with Crippen molar-refractivity contribution in [2.45, 2.75) is 30.8 Å². The number of nitrogens with one attached hydrogen (secondary N) is 2. The minimum absolute atomic E-state index is 0.121. The van der Waals surface area contributed by atoms with Gasteiger partial charge in [-0.15, -0.1) is 0 Å². The molecule has 4 atom stereocenters. The highest BCUT2D eigenvalue weighted by Gasteiger charge is 2.70. The third kappa shape index (κ3) is 3.51. The summed E-state index contributed by atoms with van der Waals surface area (Å²) in [5.74, 6) is -2.90. The number of likely N-dealkylation sites (tertiary alicyclic amines) is 1. The van der Waals surface area contributed by atoms with Gasteiger partial charge >= 0.3 is 5.97 Å². The van der Waals surface area contributed by atoms with Crippen LogP contribution in [0.15, 0.2) is 42.5 Å².